The van der Waals surface area contributed by atoms with Gasteiger partial charge in [-0.3, -0.25) is 14.3 Å². The van der Waals surface area contributed by atoms with Gasteiger partial charge in [0.05, 0.1) is 19.7 Å². The van der Waals surface area contributed by atoms with Gasteiger partial charge in [0.1, 0.15) is 5.82 Å². The lowest BCUT2D eigenvalue weighted by Crippen LogP contribution is -2.50. The molecule has 1 N–H and O–H groups in total. The molecule has 1 atom stereocenters. The zero-order chi connectivity index (χ0) is 22.5. The molecule has 0 aliphatic carbocycles. The van der Waals surface area contributed by atoms with Crippen molar-refractivity contribution < 1.29 is 14.3 Å². The molecule has 1 saturated heterocycles. The molecule has 0 radical (unpaired) electrons. The summed E-state index contributed by atoms with van der Waals surface area (Å²) in [5.41, 5.74) is 2.72. The Morgan fingerprint density at radius 3 is 2.78 bits per heavy atom. The third kappa shape index (κ3) is 5.05. The molecule has 3 aromatic rings. The Kier molecular flexibility index (Phi) is 6.65. The van der Waals surface area contributed by atoms with Crippen molar-refractivity contribution in [2.45, 2.75) is 39.5 Å². The van der Waals surface area contributed by atoms with Gasteiger partial charge in [0.2, 0.25) is 5.91 Å². The van der Waals surface area contributed by atoms with Crippen LogP contribution in [0.3, 0.4) is 0 Å². The Labute approximate surface area is 187 Å². The highest BCUT2D eigenvalue weighted by Gasteiger charge is 2.29. The van der Waals surface area contributed by atoms with Gasteiger partial charge in [-0.05, 0) is 31.5 Å². The van der Waals surface area contributed by atoms with Crippen LogP contribution in [0.15, 0.2) is 48.9 Å². The van der Waals surface area contributed by atoms with Crippen LogP contribution in [0.5, 0.6) is 0 Å². The molecular formula is C23H28N6O3. The number of para-hydroxylation sites is 1. The molecule has 2 amide bonds. The summed E-state index contributed by atoms with van der Waals surface area (Å²) >= 11 is 0. The van der Waals surface area contributed by atoms with Crippen LogP contribution in [0.2, 0.25) is 0 Å². The average Bonchev–Trinajstić information content (AvgIpc) is 3.41. The van der Waals surface area contributed by atoms with Gasteiger partial charge >= 0.3 is 0 Å². The summed E-state index contributed by atoms with van der Waals surface area (Å²) in [5, 5.41) is 7.20. The number of aromatic nitrogens is 4. The molecule has 9 heteroatoms. The first-order chi connectivity index (χ1) is 15.5. The molecular weight excluding hydrogens is 408 g/mol. The van der Waals surface area contributed by atoms with Gasteiger partial charge in [-0.2, -0.15) is 5.10 Å². The number of ether oxygens (including phenoxy) is 1. The van der Waals surface area contributed by atoms with Gasteiger partial charge in [0.25, 0.3) is 5.91 Å². The smallest absolute Gasteiger partial charge is 0.255 e. The summed E-state index contributed by atoms with van der Waals surface area (Å²) < 4.78 is 9.51. The van der Waals surface area contributed by atoms with Gasteiger partial charge in [0.15, 0.2) is 6.10 Å². The fraction of sp³-hybridized carbons (Fsp3) is 0.391. The number of nitrogens with one attached hydrogen (secondary N) is 1. The minimum absolute atomic E-state index is 0.00279. The van der Waals surface area contributed by atoms with Crippen molar-refractivity contribution in [1.82, 2.24) is 24.2 Å². The van der Waals surface area contributed by atoms with E-state index in [1.807, 2.05) is 54.9 Å². The highest BCUT2D eigenvalue weighted by Crippen LogP contribution is 2.19. The van der Waals surface area contributed by atoms with E-state index in [2.05, 4.69) is 15.4 Å². The molecule has 1 aliphatic heterocycles. The highest BCUT2D eigenvalue weighted by atomic mass is 16.5. The Hall–Kier alpha value is -3.46. The quantitative estimate of drug-likeness (QED) is 0.611. The Morgan fingerprint density at radius 1 is 1.19 bits per heavy atom. The number of benzene rings is 1. The van der Waals surface area contributed by atoms with Crippen LogP contribution in [0.25, 0.3) is 0 Å². The summed E-state index contributed by atoms with van der Waals surface area (Å²) in [7, 11) is 0. The summed E-state index contributed by atoms with van der Waals surface area (Å²) in [6.45, 7) is 6.08. The van der Waals surface area contributed by atoms with Crippen molar-refractivity contribution in [2.75, 3.05) is 25.0 Å². The largest absolute Gasteiger partial charge is 0.365 e. The van der Waals surface area contributed by atoms with Crippen LogP contribution in [-0.2, 0) is 27.4 Å². The van der Waals surface area contributed by atoms with Gasteiger partial charge in [-0.1, -0.05) is 18.2 Å². The second-order valence-electron chi connectivity index (χ2n) is 7.89. The number of hydrogen-bond acceptors (Lipinski definition) is 5. The fourth-order valence-electron chi connectivity index (χ4n) is 3.77. The summed E-state index contributed by atoms with van der Waals surface area (Å²) in [6.07, 6.45) is 5.02. The number of hydrogen-bond donors (Lipinski definition) is 1. The zero-order valence-corrected chi connectivity index (χ0v) is 18.4. The van der Waals surface area contributed by atoms with Crippen LogP contribution in [0.1, 0.15) is 23.5 Å². The lowest BCUT2D eigenvalue weighted by molar-refractivity contribution is -0.144. The minimum Gasteiger partial charge on any atom is -0.365 e. The molecule has 1 aromatic carbocycles. The van der Waals surface area contributed by atoms with E-state index in [0.29, 0.717) is 32.7 Å². The predicted octanol–water partition coefficient (Wildman–Crippen LogP) is 2.00. The van der Waals surface area contributed by atoms with Crippen LogP contribution >= 0.6 is 0 Å². The minimum atomic E-state index is -0.706. The maximum Gasteiger partial charge on any atom is 0.255 e. The normalized spacial score (nSPS) is 16.2. The van der Waals surface area contributed by atoms with E-state index in [4.69, 9.17) is 4.74 Å². The standard InChI is InChI=1S/C23H28N6O3/c1-17-7-9-25-29(17)11-8-22(30)28-13-14-32-21(16-28)23(31)26-20-6-4-3-5-19(20)15-27-12-10-24-18(27)2/h3-7,9-10,12,21H,8,11,13-16H2,1-2H3,(H,26,31). The molecule has 2 aromatic heterocycles. The molecule has 0 bridgehead atoms. The number of anilines is 1. The van der Waals surface area contributed by atoms with Crippen molar-refractivity contribution in [2.24, 2.45) is 0 Å². The molecule has 32 heavy (non-hydrogen) atoms. The van der Waals surface area contributed by atoms with Gasteiger partial charge < -0.3 is 19.5 Å². The number of carbonyl (C=O) groups is 2. The van der Waals surface area contributed by atoms with Crippen LogP contribution < -0.4 is 5.32 Å². The first-order valence-electron chi connectivity index (χ1n) is 10.8. The molecule has 0 spiro atoms. The molecule has 1 aliphatic rings. The van der Waals surface area contributed by atoms with Gasteiger partial charge in [-0.15, -0.1) is 0 Å². The van der Waals surface area contributed by atoms with Gasteiger partial charge in [-0.25, -0.2) is 4.98 Å². The van der Waals surface area contributed by atoms with E-state index in [-0.39, 0.29) is 18.4 Å². The van der Waals surface area contributed by atoms with E-state index in [0.717, 1.165) is 22.8 Å². The molecule has 1 fully saturated rings. The molecule has 4 rings (SSSR count). The maximum atomic E-state index is 12.9. The van der Waals surface area contributed by atoms with E-state index in [1.165, 1.54) is 0 Å². The number of amides is 2. The number of imidazole rings is 1. The number of rotatable bonds is 7. The average molecular weight is 437 g/mol. The first-order valence-corrected chi connectivity index (χ1v) is 10.8. The van der Waals surface area contributed by atoms with Crippen molar-refractivity contribution in [3.05, 3.63) is 66.0 Å². The molecule has 9 nitrogen and oxygen atoms in total. The van der Waals surface area contributed by atoms with Crippen molar-refractivity contribution in [1.29, 1.82) is 0 Å². The molecule has 0 saturated carbocycles. The lowest BCUT2D eigenvalue weighted by atomic mass is 10.1. The second kappa shape index (κ2) is 9.78. The Morgan fingerprint density at radius 2 is 2.03 bits per heavy atom. The predicted molar refractivity (Wildman–Crippen MR) is 119 cm³/mol. The maximum absolute atomic E-state index is 12.9. The second-order valence-corrected chi connectivity index (χ2v) is 7.89. The number of carbonyl (C=O) groups excluding carboxylic acids is 2. The molecule has 1 unspecified atom stereocenters. The zero-order valence-electron chi connectivity index (χ0n) is 18.4. The van der Waals surface area contributed by atoms with Crippen molar-refractivity contribution >= 4 is 17.5 Å². The fourth-order valence-corrected chi connectivity index (χ4v) is 3.77. The number of morpholine rings is 1. The highest BCUT2D eigenvalue weighted by molar-refractivity contribution is 5.95. The SMILES string of the molecule is Cc1nccn1Cc1ccccc1NC(=O)C1CN(C(=O)CCn2nccc2C)CCO1. The van der Waals surface area contributed by atoms with Crippen molar-refractivity contribution in [3.63, 3.8) is 0 Å². The number of nitrogens with zero attached hydrogens (tertiary/aromatic N) is 5. The summed E-state index contributed by atoms with van der Waals surface area (Å²) in [5.74, 6) is 0.651. The summed E-state index contributed by atoms with van der Waals surface area (Å²) in [6, 6.07) is 9.58. The topological polar surface area (TPSA) is 94.3 Å². The Balaban J connectivity index is 1.36. The lowest BCUT2D eigenvalue weighted by Gasteiger charge is -2.32. The monoisotopic (exact) mass is 436 g/mol. The third-order valence-corrected chi connectivity index (χ3v) is 5.72. The van der Waals surface area contributed by atoms with Gasteiger partial charge in [0, 0.05) is 49.5 Å². The van der Waals surface area contributed by atoms with E-state index in [9.17, 15) is 9.59 Å². The third-order valence-electron chi connectivity index (χ3n) is 5.72. The first kappa shape index (κ1) is 21.8. The Bertz CT molecular complexity index is 1090. The van der Waals surface area contributed by atoms with E-state index >= 15 is 0 Å². The van der Waals surface area contributed by atoms with Crippen molar-refractivity contribution in [3.8, 4) is 0 Å². The molecule has 168 valence electrons. The van der Waals surface area contributed by atoms with E-state index in [1.54, 1.807) is 22.0 Å². The van der Waals surface area contributed by atoms with Crippen LogP contribution in [0.4, 0.5) is 5.69 Å². The number of aryl methyl sites for hydroxylation is 3. The van der Waals surface area contributed by atoms with E-state index < -0.39 is 6.10 Å². The van der Waals surface area contributed by atoms with Crippen LogP contribution in [0, 0.1) is 13.8 Å². The summed E-state index contributed by atoms with van der Waals surface area (Å²) in [4.78, 5) is 31.6. The molecule has 3 heterocycles. The van der Waals surface area contributed by atoms with Crippen LogP contribution in [-0.4, -0.2) is 61.8 Å².